The predicted molar refractivity (Wildman–Crippen MR) is 141 cm³/mol. The van der Waals surface area contributed by atoms with E-state index in [9.17, 15) is 8.42 Å². The summed E-state index contributed by atoms with van der Waals surface area (Å²) >= 11 is 1.39. The second kappa shape index (κ2) is 10.5. The summed E-state index contributed by atoms with van der Waals surface area (Å²) in [5.41, 5.74) is 3.09. The third-order valence-corrected chi connectivity index (χ3v) is 8.50. The first-order chi connectivity index (χ1) is 17.1. The zero-order valence-electron chi connectivity index (χ0n) is 19.0. The van der Waals surface area contributed by atoms with Crippen LogP contribution in [-0.4, -0.2) is 30.8 Å². The molecule has 0 saturated carbocycles. The van der Waals surface area contributed by atoms with Gasteiger partial charge in [-0.1, -0.05) is 66.3 Å². The topological polar surface area (TPSA) is 87.0 Å². The van der Waals surface area contributed by atoms with E-state index in [1.807, 2.05) is 60.7 Å². The van der Waals surface area contributed by atoms with Crippen LogP contribution in [0.15, 0.2) is 100 Å². The third kappa shape index (κ3) is 5.48. The molecule has 0 bridgehead atoms. The number of rotatable bonds is 7. The van der Waals surface area contributed by atoms with Gasteiger partial charge in [-0.3, -0.25) is 0 Å². The van der Waals surface area contributed by atoms with Gasteiger partial charge in [-0.25, -0.2) is 13.4 Å². The van der Waals surface area contributed by atoms with Crippen LogP contribution in [0.4, 0.5) is 21.5 Å². The zero-order chi connectivity index (χ0) is 24.1. The van der Waals surface area contributed by atoms with Gasteiger partial charge in [0.25, 0.3) is 0 Å². The van der Waals surface area contributed by atoms with Crippen molar-refractivity contribution in [3.05, 3.63) is 84.9 Å². The van der Waals surface area contributed by atoms with Gasteiger partial charge >= 0.3 is 0 Å². The Kier molecular flexibility index (Phi) is 6.98. The first kappa shape index (κ1) is 23.3. The molecule has 178 valence electrons. The van der Waals surface area contributed by atoms with E-state index in [0.717, 1.165) is 36.2 Å². The highest BCUT2D eigenvalue weighted by Gasteiger charge is 2.26. The SMILES string of the molecule is O=S(=O)(c1ccc(-c2nc(Nc3ccccc3)sc2N=Nc2ccccc2)cc1)N1CCCCC1. The van der Waals surface area contributed by atoms with Gasteiger partial charge in [0, 0.05) is 24.3 Å². The standard InChI is InChI=1S/C26H25N5O2S2/c32-35(33,31-18-8-3-9-19-31)23-16-14-20(15-17-23)24-25(30-29-22-12-6-2-7-13-22)34-26(28-24)27-21-10-4-1-5-11-21/h1-2,4-7,10-17H,3,8-9,18-19H2,(H,27,28). The Labute approximate surface area is 209 Å². The number of anilines is 2. The molecule has 0 unspecified atom stereocenters. The minimum atomic E-state index is -3.49. The largest absolute Gasteiger partial charge is 0.331 e. The fourth-order valence-corrected chi connectivity index (χ4v) is 6.25. The maximum Gasteiger partial charge on any atom is 0.243 e. The molecule has 35 heavy (non-hydrogen) atoms. The predicted octanol–water partition coefficient (Wildman–Crippen LogP) is 7.14. The number of benzene rings is 3. The molecule has 1 saturated heterocycles. The van der Waals surface area contributed by atoms with Crippen molar-refractivity contribution in [2.45, 2.75) is 24.2 Å². The molecule has 3 aromatic carbocycles. The molecular weight excluding hydrogens is 478 g/mol. The van der Waals surface area contributed by atoms with Gasteiger partial charge in [-0.15, -0.1) is 10.2 Å². The van der Waals surface area contributed by atoms with Crippen LogP contribution in [-0.2, 0) is 10.0 Å². The minimum absolute atomic E-state index is 0.300. The van der Waals surface area contributed by atoms with Crippen molar-refractivity contribution in [2.24, 2.45) is 10.2 Å². The van der Waals surface area contributed by atoms with E-state index in [-0.39, 0.29) is 0 Å². The van der Waals surface area contributed by atoms with Crippen molar-refractivity contribution in [3.63, 3.8) is 0 Å². The fourth-order valence-electron chi connectivity index (χ4n) is 3.90. The van der Waals surface area contributed by atoms with Crippen molar-refractivity contribution < 1.29 is 8.42 Å². The van der Waals surface area contributed by atoms with Crippen LogP contribution in [0.5, 0.6) is 0 Å². The molecule has 5 rings (SSSR count). The van der Waals surface area contributed by atoms with Crippen LogP contribution in [0.2, 0.25) is 0 Å². The molecule has 1 N–H and O–H groups in total. The lowest BCUT2D eigenvalue weighted by Crippen LogP contribution is -2.35. The van der Waals surface area contributed by atoms with E-state index in [1.165, 1.54) is 11.3 Å². The highest BCUT2D eigenvalue weighted by molar-refractivity contribution is 7.89. The number of thiazole rings is 1. The number of nitrogens with one attached hydrogen (secondary N) is 1. The molecule has 2 heterocycles. The summed E-state index contributed by atoms with van der Waals surface area (Å²) in [6.07, 6.45) is 2.89. The van der Waals surface area contributed by atoms with Crippen LogP contribution in [0.25, 0.3) is 11.3 Å². The molecule has 7 nitrogen and oxygen atoms in total. The van der Waals surface area contributed by atoms with Crippen LogP contribution in [0, 0.1) is 0 Å². The molecule has 1 fully saturated rings. The van der Waals surface area contributed by atoms with Crippen LogP contribution in [0.1, 0.15) is 19.3 Å². The second-order valence-electron chi connectivity index (χ2n) is 8.19. The quantitative estimate of drug-likeness (QED) is 0.271. The molecule has 0 radical (unpaired) electrons. The number of nitrogens with zero attached hydrogens (tertiary/aromatic N) is 4. The highest BCUT2D eigenvalue weighted by Crippen LogP contribution is 2.40. The second-order valence-corrected chi connectivity index (χ2v) is 11.1. The molecule has 1 aliphatic heterocycles. The Morgan fingerprint density at radius 1 is 0.800 bits per heavy atom. The fraction of sp³-hybridized carbons (Fsp3) is 0.192. The molecule has 4 aromatic rings. The Bertz CT molecular complexity index is 1400. The minimum Gasteiger partial charge on any atom is -0.331 e. The van der Waals surface area contributed by atoms with E-state index < -0.39 is 10.0 Å². The number of para-hydroxylation sites is 1. The zero-order valence-corrected chi connectivity index (χ0v) is 20.7. The Balaban J connectivity index is 1.46. The Morgan fingerprint density at radius 3 is 2.14 bits per heavy atom. The lowest BCUT2D eigenvalue weighted by atomic mass is 10.2. The monoisotopic (exact) mass is 503 g/mol. The normalized spacial score (nSPS) is 14.9. The summed E-state index contributed by atoms with van der Waals surface area (Å²) < 4.78 is 27.7. The first-order valence-corrected chi connectivity index (χ1v) is 13.8. The van der Waals surface area contributed by atoms with E-state index in [1.54, 1.807) is 28.6 Å². The number of sulfonamides is 1. The van der Waals surface area contributed by atoms with Gasteiger partial charge in [-0.05, 0) is 49.2 Å². The van der Waals surface area contributed by atoms with Crippen molar-refractivity contribution in [1.29, 1.82) is 0 Å². The van der Waals surface area contributed by atoms with Crippen molar-refractivity contribution >= 4 is 42.9 Å². The van der Waals surface area contributed by atoms with Gasteiger partial charge in [-0.2, -0.15) is 4.31 Å². The van der Waals surface area contributed by atoms with Crippen LogP contribution < -0.4 is 5.32 Å². The summed E-state index contributed by atoms with van der Waals surface area (Å²) in [7, 11) is -3.49. The number of azo groups is 1. The summed E-state index contributed by atoms with van der Waals surface area (Å²) in [5, 5.41) is 13.5. The Hall–Kier alpha value is -3.40. The number of piperidine rings is 1. The molecule has 9 heteroatoms. The van der Waals surface area contributed by atoms with Crippen molar-refractivity contribution in [2.75, 3.05) is 18.4 Å². The van der Waals surface area contributed by atoms with Gasteiger partial charge in [0.2, 0.25) is 10.0 Å². The third-order valence-electron chi connectivity index (χ3n) is 5.73. The summed E-state index contributed by atoms with van der Waals surface area (Å²) in [5.74, 6) is 0. The lowest BCUT2D eigenvalue weighted by molar-refractivity contribution is 0.346. The first-order valence-electron chi connectivity index (χ1n) is 11.5. The Morgan fingerprint density at radius 2 is 1.46 bits per heavy atom. The molecule has 1 aromatic heterocycles. The summed E-state index contributed by atoms with van der Waals surface area (Å²) in [4.78, 5) is 5.06. The number of hydrogen-bond donors (Lipinski definition) is 1. The number of aromatic nitrogens is 1. The molecule has 0 aliphatic carbocycles. The van der Waals surface area contributed by atoms with Crippen LogP contribution >= 0.6 is 11.3 Å². The molecule has 0 amide bonds. The smallest absolute Gasteiger partial charge is 0.243 e. The van der Waals surface area contributed by atoms with E-state index in [2.05, 4.69) is 15.5 Å². The van der Waals surface area contributed by atoms with E-state index >= 15 is 0 Å². The average Bonchev–Trinajstić information content (AvgIpc) is 3.31. The number of hydrogen-bond acceptors (Lipinski definition) is 7. The molecule has 0 spiro atoms. The van der Waals surface area contributed by atoms with Gasteiger partial charge in [0.05, 0.1) is 10.6 Å². The van der Waals surface area contributed by atoms with Gasteiger partial charge in [0.1, 0.15) is 5.69 Å². The molecular formula is C26H25N5O2S2. The van der Waals surface area contributed by atoms with Gasteiger partial charge < -0.3 is 5.32 Å². The maximum absolute atomic E-state index is 13.0. The van der Waals surface area contributed by atoms with Crippen molar-refractivity contribution in [1.82, 2.24) is 9.29 Å². The molecule has 0 atom stereocenters. The lowest BCUT2D eigenvalue weighted by Gasteiger charge is -2.25. The average molecular weight is 504 g/mol. The van der Waals surface area contributed by atoms with E-state index in [0.29, 0.717) is 33.8 Å². The van der Waals surface area contributed by atoms with E-state index in [4.69, 9.17) is 4.98 Å². The van der Waals surface area contributed by atoms with Crippen LogP contribution in [0.3, 0.4) is 0 Å². The molecule has 1 aliphatic rings. The summed E-state index contributed by atoms with van der Waals surface area (Å²) in [6.45, 7) is 1.16. The van der Waals surface area contributed by atoms with Gasteiger partial charge in [0.15, 0.2) is 10.1 Å². The maximum atomic E-state index is 13.0. The van der Waals surface area contributed by atoms with Crippen molar-refractivity contribution in [3.8, 4) is 11.3 Å². The highest BCUT2D eigenvalue weighted by atomic mass is 32.2. The summed E-state index contributed by atoms with van der Waals surface area (Å²) in [6, 6.07) is 26.2.